The first-order valence-corrected chi connectivity index (χ1v) is 6.28. The predicted octanol–water partition coefficient (Wildman–Crippen LogP) is 3.37. The first kappa shape index (κ1) is 10.4. The van der Waals surface area contributed by atoms with Gasteiger partial charge in [-0.05, 0) is 12.5 Å². The molecule has 0 bridgehead atoms. The number of anilines is 1. The molecule has 3 aromatic rings. The van der Waals surface area contributed by atoms with Crippen LogP contribution in [0.15, 0.2) is 34.1 Å². The minimum atomic E-state index is 0.697. The number of thiophene rings is 1. The van der Waals surface area contributed by atoms with Crippen LogP contribution in [0.2, 0.25) is 0 Å². The van der Waals surface area contributed by atoms with Gasteiger partial charge in [0, 0.05) is 11.8 Å². The van der Waals surface area contributed by atoms with Crippen LogP contribution in [0.25, 0.3) is 11.1 Å². The van der Waals surface area contributed by atoms with Crippen molar-refractivity contribution in [3.05, 3.63) is 46.7 Å². The van der Waals surface area contributed by atoms with Gasteiger partial charge in [-0.15, -0.1) is 11.3 Å². The van der Waals surface area contributed by atoms with Crippen LogP contribution in [0, 0.1) is 6.92 Å². The average Bonchev–Trinajstić information content (AvgIpc) is 2.85. The van der Waals surface area contributed by atoms with Crippen LogP contribution in [0.5, 0.6) is 0 Å². The zero-order valence-electron chi connectivity index (χ0n) is 9.43. The van der Waals surface area contributed by atoms with Crippen molar-refractivity contribution in [1.29, 1.82) is 0 Å². The molecule has 0 atom stereocenters. The topological polar surface area (TPSA) is 52.0 Å². The van der Waals surface area contributed by atoms with Crippen LogP contribution >= 0.6 is 11.3 Å². The van der Waals surface area contributed by atoms with Gasteiger partial charge in [-0.25, -0.2) is 4.98 Å². The summed E-state index contributed by atoms with van der Waals surface area (Å²) in [4.78, 5) is 4.42. The van der Waals surface area contributed by atoms with Gasteiger partial charge < -0.3 is 10.2 Å². The summed E-state index contributed by atoms with van der Waals surface area (Å²) in [5.74, 6) is 0.721. The highest BCUT2D eigenvalue weighted by atomic mass is 32.1. The van der Waals surface area contributed by atoms with Gasteiger partial charge in [-0.3, -0.25) is 0 Å². The third kappa shape index (κ3) is 1.91. The highest BCUT2D eigenvalue weighted by Crippen LogP contribution is 2.29. The first-order chi connectivity index (χ1) is 8.22. The van der Waals surface area contributed by atoms with Gasteiger partial charge in [-0.1, -0.05) is 29.8 Å². The molecule has 0 aliphatic rings. The Hall–Kier alpha value is -1.81. The van der Waals surface area contributed by atoms with Gasteiger partial charge in [-0.2, -0.15) is 0 Å². The Morgan fingerprint density at radius 1 is 1.29 bits per heavy atom. The van der Waals surface area contributed by atoms with E-state index in [-0.39, 0.29) is 0 Å². The molecule has 2 aromatic heterocycles. The van der Waals surface area contributed by atoms with E-state index in [0.717, 1.165) is 17.0 Å². The number of benzene rings is 1. The molecule has 0 fully saturated rings. The van der Waals surface area contributed by atoms with E-state index in [1.807, 2.05) is 5.38 Å². The van der Waals surface area contributed by atoms with Crippen LogP contribution in [-0.4, -0.2) is 4.98 Å². The van der Waals surface area contributed by atoms with Crippen molar-refractivity contribution < 1.29 is 4.42 Å². The predicted molar refractivity (Wildman–Crippen MR) is 70.3 cm³/mol. The molecule has 0 aliphatic heterocycles. The molecule has 0 aliphatic carbocycles. The highest BCUT2D eigenvalue weighted by Gasteiger charge is 2.10. The third-order valence-electron chi connectivity index (χ3n) is 2.69. The maximum atomic E-state index is 5.79. The Labute approximate surface area is 103 Å². The largest absolute Gasteiger partial charge is 0.437 e. The molecule has 3 rings (SSSR count). The summed E-state index contributed by atoms with van der Waals surface area (Å²) in [5, 5.41) is 2.62. The van der Waals surface area contributed by atoms with Crippen molar-refractivity contribution in [2.75, 3.05) is 5.73 Å². The fourth-order valence-corrected chi connectivity index (χ4v) is 2.42. The van der Waals surface area contributed by atoms with Crippen LogP contribution in [-0.2, 0) is 6.42 Å². The number of oxazole rings is 1. The monoisotopic (exact) mass is 244 g/mol. The van der Waals surface area contributed by atoms with E-state index in [0.29, 0.717) is 11.4 Å². The third-order valence-corrected chi connectivity index (χ3v) is 3.48. The molecule has 2 heterocycles. The van der Waals surface area contributed by atoms with Gasteiger partial charge in [0.2, 0.25) is 0 Å². The van der Waals surface area contributed by atoms with Crippen molar-refractivity contribution in [1.82, 2.24) is 4.98 Å². The molecule has 0 saturated heterocycles. The lowest BCUT2D eigenvalue weighted by atomic mass is 10.1. The smallest absolute Gasteiger partial charge is 0.200 e. The van der Waals surface area contributed by atoms with Gasteiger partial charge >= 0.3 is 0 Å². The molecule has 0 amide bonds. The van der Waals surface area contributed by atoms with Crippen molar-refractivity contribution in [3.63, 3.8) is 0 Å². The minimum absolute atomic E-state index is 0.697. The van der Waals surface area contributed by atoms with Crippen molar-refractivity contribution in [2.24, 2.45) is 0 Å². The molecule has 0 unspecified atom stereocenters. The van der Waals surface area contributed by atoms with Crippen molar-refractivity contribution >= 4 is 27.4 Å². The second kappa shape index (κ2) is 3.89. The van der Waals surface area contributed by atoms with Crippen molar-refractivity contribution in [2.45, 2.75) is 13.3 Å². The highest BCUT2D eigenvalue weighted by molar-refractivity contribution is 7.15. The first-order valence-electron chi connectivity index (χ1n) is 5.40. The molecular weight excluding hydrogens is 232 g/mol. The standard InChI is InChI=1S/C13H12N2OS/c1-8-2-4-9(5-3-8)6-11-15-10-7-17-13(14)12(10)16-11/h2-5,7H,6,14H2,1H3. The Balaban J connectivity index is 1.91. The lowest BCUT2D eigenvalue weighted by Gasteiger charge is -1.97. The second-order valence-electron chi connectivity index (χ2n) is 4.08. The number of fused-ring (bicyclic) bond motifs is 1. The van der Waals surface area contributed by atoms with E-state index < -0.39 is 0 Å². The van der Waals surface area contributed by atoms with E-state index in [9.17, 15) is 0 Å². The number of hydrogen-bond acceptors (Lipinski definition) is 4. The number of nitrogens with zero attached hydrogens (tertiary/aromatic N) is 1. The second-order valence-corrected chi connectivity index (χ2v) is 5.00. The van der Waals surface area contributed by atoms with Crippen LogP contribution in [0.4, 0.5) is 5.00 Å². The molecular formula is C13H12N2OS. The lowest BCUT2D eigenvalue weighted by Crippen LogP contribution is -1.87. The van der Waals surface area contributed by atoms with Crippen LogP contribution in [0.1, 0.15) is 17.0 Å². The molecule has 86 valence electrons. The van der Waals surface area contributed by atoms with Crippen LogP contribution < -0.4 is 5.73 Å². The summed E-state index contributed by atoms with van der Waals surface area (Å²) < 4.78 is 5.65. The van der Waals surface area contributed by atoms with E-state index >= 15 is 0 Å². The molecule has 17 heavy (non-hydrogen) atoms. The maximum Gasteiger partial charge on any atom is 0.200 e. The SMILES string of the molecule is Cc1ccc(Cc2nc3csc(N)c3o2)cc1. The molecule has 0 spiro atoms. The summed E-state index contributed by atoms with van der Waals surface area (Å²) in [6, 6.07) is 8.37. The van der Waals surface area contributed by atoms with Gasteiger partial charge in [0.25, 0.3) is 0 Å². The van der Waals surface area contributed by atoms with E-state index in [1.54, 1.807) is 0 Å². The molecule has 0 saturated carbocycles. The Morgan fingerprint density at radius 3 is 2.76 bits per heavy atom. The lowest BCUT2D eigenvalue weighted by molar-refractivity contribution is 0.545. The van der Waals surface area contributed by atoms with Gasteiger partial charge in [0.1, 0.15) is 10.5 Å². The summed E-state index contributed by atoms with van der Waals surface area (Å²) in [7, 11) is 0. The number of aryl methyl sites for hydroxylation is 1. The molecule has 0 radical (unpaired) electrons. The van der Waals surface area contributed by atoms with E-state index in [2.05, 4.69) is 36.2 Å². The number of nitrogens with two attached hydrogens (primary N) is 1. The van der Waals surface area contributed by atoms with Gasteiger partial charge in [0.05, 0.1) is 0 Å². The molecule has 4 heteroatoms. The maximum absolute atomic E-state index is 5.79. The average molecular weight is 244 g/mol. The number of hydrogen-bond donors (Lipinski definition) is 1. The van der Waals surface area contributed by atoms with Gasteiger partial charge in [0.15, 0.2) is 11.5 Å². The zero-order valence-corrected chi connectivity index (χ0v) is 10.3. The molecule has 1 aromatic carbocycles. The Kier molecular flexibility index (Phi) is 2.37. The molecule has 2 N–H and O–H groups in total. The number of nitrogen functional groups attached to an aromatic ring is 1. The fraction of sp³-hybridized carbons (Fsp3) is 0.154. The van der Waals surface area contributed by atoms with Crippen LogP contribution in [0.3, 0.4) is 0 Å². The van der Waals surface area contributed by atoms with Crippen molar-refractivity contribution in [3.8, 4) is 0 Å². The van der Waals surface area contributed by atoms with E-state index in [4.69, 9.17) is 10.2 Å². The number of aromatic nitrogens is 1. The quantitative estimate of drug-likeness (QED) is 0.752. The zero-order chi connectivity index (χ0) is 11.8. The van der Waals surface area contributed by atoms with E-state index in [1.165, 1.54) is 22.5 Å². The summed E-state index contributed by atoms with van der Waals surface area (Å²) >= 11 is 1.46. The number of rotatable bonds is 2. The summed E-state index contributed by atoms with van der Waals surface area (Å²) in [6.45, 7) is 2.07. The summed E-state index contributed by atoms with van der Waals surface area (Å²) in [6.07, 6.45) is 0.707. The summed E-state index contributed by atoms with van der Waals surface area (Å²) in [5.41, 5.74) is 9.81. The minimum Gasteiger partial charge on any atom is -0.437 e. The Morgan fingerprint density at radius 2 is 2.06 bits per heavy atom. The fourth-order valence-electron chi connectivity index (χ4n) is 1.76. The normalized spacial score (nSPS) is 11.1. The molecule has 3 nitrogen and oxygen atoms in total. The Bertz CT molecular complexity index is 652.